The standard InChI is InChI=1S/C11H10FNO/c12-10-4-3-5-11(8-10)14-9-13-6-1-2-7-13/h1-8H,9H2. The summed E-state index contributed by atoms with van der Waals surface area (Å²) in [6, 6.07) is 9.93. The molecule has 0 spiro atoms. The highest BCUT2D eigenvalue weighted by Crippen LogP contribution is 2.12. The molecule has 0 N–H and O–H groups in total. The molecule has 0 aliphatic heterocycles. The van der Waals surface area contributed by atoms with Gasteiger partial charge in [0.05, 0.1) is 0 Å². The van der Waals surface area contributed by atoms with E-state index < -0.39 is 0 Å². The van der Waals surface area contributed by atoms with E-state index in [4.69, 9.17) is 4.74 Å². The highest BCUT2D eigenvalue weighted by atomic mass is 19.1. The molecule has 0 bridgehead atoms. The monoisotopic (exact) mass is 191 g/mol. The fraction of sp³-hybridized carbons (Fsp3) is 0.0909. The summed E-state index contributed by atoms with van der Waals surface area (Å²) in [6.07, 6.45) is 3.78. The molecule has 0 radical (unpaired) electrons. The number of hydrogen-bond donors (Lipinski definition) is 0. The summed E-state index contributed by atoms with van der Waals surface area (Å²) in [5.41, 5.74) is 0. The van der Waals surface area contributed by atoms with Crippen LogP contribution < -0.4 is 4.74 Å². The molecule has 0 saturated carbocycles. The quantitative estimate of drug-likeness (QED) is 0.727. The van der Waals surface area contributed by atoms with E-state index in [-0.39, 0.29) is 5.82 Å². The average molecular weight is 191 g/mol. The SMILES string of the molecule is Fc1cccc(OCn2cccc2)c1. The molecule has 0 amide bonds. The number of rotatable bonds is 3. The number of halogens is 1. The molecule has 1 heterocycles. The summed E-state index contributed by atoms with van der Waals surface area (Å²) in [4.78, 5) is 0. The molecule has 14 heavy (non-hydrogen) atoms. The third-order valence-corrected chi connectivity index (χ3v) is 1.84. The van der Waals surface area contributed by atoms with Crippen LogP contribution >= 0.6 is 0 Å². The van der Waals surface area contributed by atoms with Crippen molar-refractivity contribution in [3.8, 4) is 5.75 Å². The van der Waals surface area contributed by atoms with Gasteiger partial charge in [0.1, 0.15) is 11.6 Å². The number of hydrogen-bond acceptors (Lipinski definition) is 1. The van der Waals surface area contributed by atoms with Gasteiger partial charge >= 0.3 is 0 Å². The zero-order valence-electron chi connectivity index (χ0n) is 7.56. The molecule has 72 valence electrons. The summed E-state index contributed by atoms with van der Waals surface area (Å²) in [7, 11) is 0. The lowest BCUT2D eigenvalue weighted by Crippen LogP contribution is -2.02. The Bertz CT molecular complexity index is 397. The predicted molar refractivity (Wildman–Crippen MR) is 51.5 cm³/mol. The van der Waals surface area contributed by atoms with Crippen LogP contribution in [0.1, 0.15) is 0 Å². The average Bonchev–Trinajstić information content (AvgIpc) is 2.67. The Balaban J connectivity index is 1.98. The Morgan fingerprint density at radius 3 is 2.64 bits per heavy atom. The highest BCUT2D eigenvalue weighted by Gasteiger charge is 1.95. The van der Waals surface area contributed by atoms with Crippen LogP contribution in [-0.4, -0.2) is 4.57 Å². The van der Waals surface area contributed by atoms with Gasteiger partial charge in [-0.2, -0.15) is 0 Å². The minimum Gasteiger partial charge on any atom is -0.473 e. The Labute approximate surface area is 81.6 Å². The van der Waals surface area contributed by atoms with Gasteiger partial charge in [0.25, 0.3) is 0 Å². The van der Waals surface area contributed by atoms with Crippen LogP contribution in [0.4, 0.5) is 4.39 Å². The Hall–Kier alpha value is -1.77. The van der Waals surface area contributed by atoms with Gasteiger partial charge in [-0.1, -0.05) is 6.07 Å². The van der Waals surface area contributed by atoms with Crippen molar-refractivity contribution in [3.63, 3.8) is 0 Å². The Morgan fingerprint density at radius 1 is 1.14 bits per heavy atom. The molecular weight excluding hydrogens is 181 g/mol. The fourth-order valence-corrected chi connectivity index (χ4v) is 1.16. The molecule has 2 rings (SSSR count). The fourth-order valence-electron chi connectivity index (χ4n) is 1.16. The first kappa shape index (κ1) is 8.81. The van der Waals surface area contributed by atoms with E-state index in [0.29, 0.717) is 12.5 Å². The second-order valence-electron chi connectivity index (χ2n) is 2.93. The lowest BCUT2D eigenvalue weighted by atomic mass is 10.3. The Kier molecular flexibility index (Phi) is 2.49. The van der Waals surface area contributed by atoms with E-state index in [9.17, 15) is 4.39 Å². The van der Waals surface area contributed by atoms with Crippen LogP contribution in [0.2, 0.25) is 0 Å². The van der Waals surface area contributed by atoms with Crippen molar-refractivity contribution in [2.45, 2.75) is 6.73 Å². The number of nitrogens with zero attached hydrogens (tertiary/aromatic N) is 1. The van der Waals surface area contributed by atoms with Crippen LogP contribution in [-0.2, 0) is 6.73 Å². The molecule has 2 aromatic rings. The van der Waals surface area contributed by atoms with Gasteiger partial charge in [0, 0.05) is 18.5 Å². The topological polar surface area (TPSA) is 14.2 Å². The van der Waals surface area contributed by atoms with Gasteiger partial charge < -0.3 is 9.30 Å². The predicted octanol–water partition coefficient (Wildman–Crippen LogP) is 2.66. The number of ether oxygens (including phenoxy) is 1. The van der Waals surface area contributed by atoms with E-state index >= 15 is 0 Å². The first-order valence-corrected chi connectivity index (χ1v) is 4.34. The zero-order valence-corrected chi connectivity index (χ0v) is 7.56. The molecule has 2 nitrogen and oxygen atoms in total. The molecule has 0 aliphatic rings. The van der Waals surface area contributed by atoms with Crippen LogP contribution in [0.5, 0.6) is 5.75 Å². The third-order valence-electron chi connectivity index (χ3n) is 1.84. The molecule has 1 aromatic carbocycles. The van der Waals surface area contributed by atoms with E-state index in [0.717, 1.165) is 0 Å². The maximum absolute atomic E-state index is 12.7. The molecule has 1 aromatic heterocycles. The van der Waals surface area contributed by atoms with Crippen molar-refractivity contribution in [2.75, 3.05) is 0 Å². The summed E-state index contributed by atoms with van der Waals surface area (Å²) >= 11 is 0. The van der Waals surface area contributed by atoms with Gasteiger partial charge in [-0.25, -0.2) is 4.39 Å². The van der Waals surface area contributed by atoms with Crippen molar-refractivity contribution in [3.05, 3.63) is 54.6 Å². The van der Waals surface area contributed by atoms with Crippen molar-refractivity contribution < 1.29 is 9.13 Å². The zero-order chi connectivity index (χ0) is 9.80. The van der Waals surface area contributed by atoms with E-state index in [1.807, 2.05) is 29.1 Å². The minimum absolute atomic E-state index is 0.282. The van der Waals surface area contributed by atoms with Crippen molar-refractivity contribution >= 4 is 0 Å². The summed E-state index contributed by atoms with van der Waals surface area (Å²) in [5.74, 6) is 0.258. The van der Waals surface area contributed by atoms with Gasteiger partial charge in [0.2, 0.25) is 0 Å². The normalized spacial score (nSPS) is 10.1. The first-order chi connectivity index (χ1) is 6.84. The largest absolute Gasteiger partial charge is 0.473 e. The summed E-state index contributed by atoms with van der Waals surface area (Å²) < 4.78 is 20.0. The second kappa shape index (κ2) is 3.96. The van der Waals surface area contributed by atoms with Crippen LogP contribution in [0, 0.1) is 5.82 Å². The number of benzene rings is 1. The lowest BCUT2D eigenvalue weighted by Gasteiger charge is -2.06. The first-order valence-electron chi connectivity index (χ1n) is 4.34. The van der Waals surface area contributed by atoms with E-state index in [1.54, 1.807) is 12.1 Å². The van der Waals surface area contributed by atoms with Gasteiger partial charge in [-0.3, -0.25) is 0 Å². The molecule has 3 heteroatoms. The summed E-state index contributed by atoms with van der Waals surface area (Å²) in [5, 5.41) is 0. The lowest BCUT2D eigenvalue weighted by molar-refractivity contribution is 0.236. The number of aromatic nitrogens is 1. The molecule has 0 unspecified atom stereocenters. The molecule has 0 saturated heterocycles. The van der Waals surface area contributed by atoms with Crippen molar-refractivity contribution in [1.29, 1.82) is 0 Å². The summed E-state index contributed by atoms with van der Waals surface area (Å²) in [6.45, 7) is 0.399. The van der Waals surface area contributed by atoms with E-state index in [1.165, 1.54) is 12.1 Å². The van der Waals surface area contributed by atoms with Crippen molar-refractivity contribution in [2.24, 2.45) is 0 Å². The third kappa shape index (κ3) is 2.13. The van der Waals surface area contributed by atoms with Crippen molar-refractivity contribution in [1.82, 2.24) is 4.57 Å². The molecule has 0 fully saturated rings. The molecular formula is C11H10FNO. The van der Waals surface area contributed by atoms with Gasteiger partial charge in [-0.05, 0) is 24.3 Å². The minimum atomic E-state index is -0.282. The molecule has 0 atom stereocenters. The van der Waals surface area contributed by atoms with Crippen LogP contribution in [0.3, 0.4) is 0 Å². The van der Waals surface area contributed by atoms with Gasteiger partial charge in [-0.15, -0.1) is 0 Å². The smallest absolute Gasteiger partial charge is 0.164 e. The maximum Gasteiger partial charge on any atom is 0.164 e. The second-order valence-corrected chi connectivity index (χ2v) is 2.93. The maximum atomic E-state index is 12.7. The van der Waals surface area contributed by atoms with Gasteiger partial charge in [0.15, 0.2) is 6.73 Å². The Morgan fingerprint density at radius 2 is 1.93 bits per heavy atom. The highest BCUT2D eigenvalue weighted by molar-refractivity contribution is 5.22. The molecule has 0 aliphatic carbocycles. The van der Waals surface area contributed by atoms with Crippen LogP contribution in [0.15, 0.2) is 48.8 Å². The van der Waals surface area contributed by atoms with Crippen LogP contribution in [0.25, 0.3) is 0 Å². The van der Waals surface area contributed by atoms with E-state index in [2.05, 4.69) is 0 Å².